The van der Waals surface area contributed by atoms with Gasteiger partial charge in [-0.25, -0.2) is 0 Å². The molecule has 0 aliphatic carbocycles. The lowest BCUT2D eigenvalue weighted by atomic mass is 10.0. The Balaban J connectivity index is 0.00000225. The number of halogens is 1. The van der Waals surface area contributed by atoms with Gasteiger partial charge in [0.05, 0.1) is 10.5 Å². The van der Waals surface area contributed by atoms with E-state index in [1.165, 1.54) is 12.1 Å². The molecule has 25 heavy (non-hydrogen) atoms. The summed E-state index contributed by atoms with van der Waals surface area (Å²) in [5, 5.41) is 21.4. The van der Waals surface area contributed by atoms with Gasteiger partial charge < -0.3 is 10.6 Å². The van der Waals surface area contributed by atoms with Crippen LogP contribution < -0.4 is 10.6 Å². The molecule has 0 spiro atoms. The van der Waals surface area contributed by atoms with Gasteiger partial charge in [-0.15, -0.1) is 12.4 Å². The maximum absolute atomic E-state index is 12.6. The summed E-state index contributed by atoms with van der Waals surface area (Å²) >= 11 is 0. The number of aromatic nitrogens is 2. The zero-order valence-corrected chi connectivity index (χ0v) is 14.6. The van der Waals surface area contributed by atoms with Crippen molar-refractivity contribution >= 4 is 24.0 Å². The highest BCUT2D eigenvalue weighted by Gasteiger charge is 2.21. The van der Waals surface area contributed by atoms with Crippen LogP contribution in [0.4, 0.5) is 5.69 Å². The molecule has 0 bridgehead atoms. The van der Waals surface area contributed by atoms with Gasteiger partial charge in [-0.3, -0.25) is 19.6 Å². The third-order valence-corrected chi connectivity index (χ3v) is 4.10. The summed E-state index contributed by atoms with van der Waals surface area (Å²) in [5.41, 5.74) is 1.69. The number of hydrogen-bond acceptors (Lipinski definition) is 5. The van der Waals surface area contributed by atoms with Crippen LogP contribution in [0, 0.1) is 10.1 Å². The number of non-ortho nitro benzene ring substituents is 1. The van der Waals surface area contributed by atoms with E-state index in [4.69, 9.17) is 0 Å². The van der Waals surface area contributed by atoms with Gasteiger partial charge >= 0.3 is 0 Å². The first-order valence-electron chi connectivity index (χ1n) is 7.84. The summed E-state index contributed by atoms with van der Waals surface area (Å²) in [6.07, 6.45) is 3.48. The van der Waals surface area contributed by atoms with Crippen molar-refractivity contribution in [3.63, 3.8) is 0 Å². The van der Waals surface area contributed by atoms with Crippen LogP contribution in [-0.2, 0) is 7.05 Å². The fourth-order valence-electron chi connectivity index (χ4n) is 2.84. The number of carbonyl (C=O) groups is 1. The van der Waals surface area contributed by atoms with Gasteiger partial charge in [-0.05, 0) is 38.1 Å². The second-order valence-electron chi connectivity index (χ2n) is 5.87. The molecule has 1 saturated heterocycles. The van der Waals surface area contributed by atoms with E-state index in [0.29, 0.717) is 16.8 Å². The van der Waals surface area contributed by atoms with Gasteiger partial charge in [-0.1, -0.05) is 0 Å². The summed E-state index contributed by atoms with van der Waals surface area (Å²) in [6, 6.07) is 6.21. The van der Waals surface area contributed by atoms with Gasteiger partial charge in [0.25, 0.3) is 11.6 Å². The normalized spacial score (nSPS) is 14.6. The molecule has 0 unspecified atom stereocenters. The number of aryl methyl sites for hydroxylation is 1. The van der Waals surface area contributed by atoms with Crippen molar-refractivity contribution in [1.29, 1.82) is 0 Å². The zero-order chi connectivity index (χ0) is 17.1. The lowest BCUT2D eigenvalue weighted by Gasteiger charge is -2.23. The van der Waals surface area contributed by atoms with Crippen LogP contribution in [0.15, 0.2) is 30.5 Å². The number of piperidine rings is 1. The van der Waals surface area contributed by atoms with E-state index in [9.17, 15) is 14.9 Å². The molecule has 2 N–H and O–H groups in total. The summed E-state index contributed by atoms with van der Waals surface area (Å²) in [6.45, 7) is 1.79. The highest BCUT2D eigenvalue weighted by Crippen LogP contribution is 2.24. The Morgan fingerprint density at radius 1 is 1.32 bits per heavy atom. The van der Waals surface area contributed by atoms with Crippen molar-refractivity contribution in [1.82, 2.24) is 20.4 Å². The third kappa shape index (κ3) is 4.34. The Labute approximate surface area is 151 Å². The fourth-order valence-corrected chi connectivity index (χ4v) is 2.84. The number of nitro benzene ring substituents is 1. The highest BCUT2D eigenvalue weighted by molar-refractivity contribution is 6.00. The minimum atomic E-state index is -0.451. The van der Waals surface area contributed by atoms with Crippen LogP contribution in [0.1, 0.15) is 23.2 Å². The predicted octanol–water partition coefficient (Wildman–Crippen LogP) is 1.90. The van der Waals surface area contributed by atoms with Crippen LogP contribution in [0.25, 0.3) is 11.3 Å². The van der Waals surface area contributed by atoms with Gasteiger partial charge in [0, 0.05) is 37.0 Å². The Morgan fingerprint density at radius 3 is 2.56 bits per heavy atom. The monoisotopic (exact) mass is 365 g/mol. The second-order valence-corrected chi connectivity index (χ2v) is 5.87. The molecule has 3 rings (SSSR count). The molecule has 134 valence electrons. The topological polar surface area (TPSA) is 102 Å². The molecule has 0 radical (unpaired) electrons. The van der Waals surface area contributed by atoms with Crippen molar-refractivity contribution in [2.45, 2.75) is 18.9 Å². The molecule has 2 aromatic rings. The molecule has 1 amide bonds. The van der Waals surface area contributed by atoms with Gasteiger partial charge in [0.1, 0.15) is 5.69 Å². The Kier molecular flexibility index (Phi) is 6.11. The molecule has 8 nitrogen and oxygen atoms in total. The quantitative estimate of drug-likeness (QED) is 0.636. The largest absolute Gasteiger partial charge is 0.349 e. The van der Waals surface area contributed by atoms with Crippen molar-refractivity contribution in [3.8, 4) is 11.3 Å². The smallest absolute Gasteiger partial charge is 0.269 e. The minimum Gasteiger partial charge on any atom is -0.349 e. The van der Waals surface area contributed by atoms with Crippen molar-refractivity contribution in [3.05, 3.63) is 46.1 Å². The maximum atomic E-state index is 12.6. The van der Waals surface area contributed by atoms with Crippen molar-refractivity contribution in [2.24, 2.45) is 7.05 Å². The van der Waals surface area contributed by atoms with E-state index in [2.05, 4.69) is 15.7 Å². The van der Waals surface area contributed by atoms with Crippen LogP contribution in [0.2, 0.25) is 0 Å². The van der Waals surface area contributed by atoms with Gasteiger partial charge in [-0.2, -0.15) is 5.10 Å². The highest BCUT2D eigenvalue weighted by atomic mass is 35.5. The molecule has 1 aromatic carbocycles. The SMILES string of the molecule is Cl.Cn1cc(C(=O)NC2CCNCC2)c(-c2ccc([N+](=O)[O-])cc2)n1. The van der Waals surface area contributed by atoms with Crippen LogP contribution >= 0.6 is 12.4 Å². The van der Waals surface area contributed by atoms with E-state index in [0.717, 1.165) is 25.9 Å². The van der Waals surface area contributed by atoms with E-state index >= 15 is 0 Å². The third-order valence-electron chi connectivity index (χ3n) is 4.10. The summed E-state index contributed by atoms with van der Waals surface area (Å²) in [5.74, 6) is -0.164. The average Bonchev–Trinajstić information content (AvgIpc) is 2.98. The average molecular weight is 366 g/mol. The predicted molar refractivity (Wildman–Crippen MR) is 95.9 cm³/mol. The van der Waals surface area contributed by atoms with Crippen molar-refractivity contribution < 1.29 is 9.72 Å². The zero-order valence-electron chi connectivity index (χ0n) is 13.8. The number of benzene rings is 1. The minimum absolute atomic E-state index is 0. The number of amides is 1. The van der Waals surface area contributed by atoms with Crippen LogP contribution in [0.3, 0.4) is 0 Å². The molecule has 9 heteroatoms. The Hall–Kier alpha value is -2.45. The van der Waals surface area contributed by atoms with E-state index in [1.54, 1.807) is 30.1 Å². The molecule has 1 aliphatic rings. The molecular formula is C16H20ClN5O3. The number of nitrogens with zero attached hydrogens (tertiary/aromatic N) is 3. The standard InChI is InChI=1S/C16H19N5O3.ClH/c1-20-10-14(16(22)18-12-6-8-17-9-7-12)15(19-20)11-2-4-13(5-3-11)21(23)24;/h2-5,10,12,17H,6-9H2,1H3,(H,18,22);1H. The molecule has 0 atom stereocenters. The molecular weight excluding hydrogens is 346 g/mol. The Morgan fingerprint density at radius 2 is 1.96 bits per heavy atom. The van der Waals surface area contributed by atoms with Gasteiger partial charge in [0.15, 0.2) is 0 Å². The molecule has 2 heterocycles. The number of carbonyl (C=O) groups excluding carboxylic acids is 1. The fraction of sp³-hybridized carbons (Fsp3) is 0.375. The molecule has 1 aromatic heterocycles. The Bertz CT molecular complexity index is 754. The first kappa shape index (κ1) is 18.9. The number of nitro groups is 1. The number of hydrogen-bond donors (Lipinski definition) is 2. The van der Waals surface area contributed by atoms with Crippen LogP contribution in [-0.4, -0.2) is 39.7 Å². The summed E-state index contributed by atoms with van der Waals surface area (Å²) < 4.78 is 1.58. The first-order chi connectivity index (χ1) is 11.5. The summed E-state index contributed by atoms with van der Waals surface area (Å²) in [7, 11) is 1.75. The second kappa shape index (κ2) is 8.09. The van der Waals surface area contributed by atoms with E-state index in [-0.39, 0.29) is 30.0 Å². The molecule has 0 saturated carbocycles. The lowest BCUT2D eigenvalue weighted by molar-refractivity contribution is -0.384. The first-order valence-corrected chi connectivity index (χ1v) is 7.84. The molecule has 1 fully saturated rings. The van der Waals surface area contributed by atoms with E-state index in [1.807, 2.05) is 0 Å². The van der Waals surface area contributed by atoms with Crippen molar-refractivity contribution in [2.75, 3.05) is 13.1 Å². The van der Waals surface area contributed by atoms with E-state index < -0.39 is 4.92 Å². The lowest BCUT2D eigenvalue weighted by Crippen LogP contribution is -2.42. The summed E-state index contributed by atoms with van der Waals surface area (Å²) in [4.78, 5) is 22.9. The maximum Gasteiger partial charge on any atom is 0.269 e. The number of rotatable bonds is 4. The molecule has 1 aliphatic heterocycles. The number of nitrogens with one attached hydrogen (secondary N) is 2. The van der Waals surface area contributed by atoms with Crippen LogP contribution in [0.5, 0.6) is 0 Å². The van der Waals surface area contributed by atoms with Gasteiger partial charge in [0.2, 0.25) is 0 Å².